The molecule has 40 nitrogen and oxygen atoms in total. The number of amides is 1. The maximum Gasteiger partial charge on any atom is 0.426 e. The van der Waals surface area contributed by atoms with Gasteiger partial charge in [-0.25, -0.2) is 63.6 Å². The molecule has 139 heavy (non-hydrogen) atoms. The quantitative estimate of drug-likeness (QED) is 0.00503. The lowest BCUT2D eigenvalue weighted by molar-refractivity contribution is -0.385. The van der Waals surface area contributed by atoms with Crippen LogP contribution in [0.2, 0.25) is 0 Å². The Labute approximate surface area is 896 Å². The lowest BCUT2D eigenvalue weighted by Gasteiger charge is -2.22. The molecular weight excluding hydrogens is 2980 g/mol. The van der Waals surface area contributed by atoms with E-state index in [-0.39, 0.29) is 46.1 Å². The van der Waals surface area contributed by atoms with Crippen molar-refractivity contribution in [3.8, 4) is 28.7 Å². The van der Waals surface area contributed by atoms with Crippen LogP contribution in [0.15, 0.2) is 140 Å². The third-order valence-electron chi connectivity index (χ3n) is 17.2. The summed E-state index contributed by atoms with van der Waals surface area (Å²) in [5.74, 6) is -20.9. The number of nitrogens with zero attached hydrogens (tertiary/aromatic N) is 4. The topological polar surface area (TPSA) is 593 Å². The van der Waals surface area contributed by atoms with E-state index in [1.807, 2.05) is 203 Å². The Hall–Kier alpha value is -8.46. The van der Waals surface area contributed by atoms with Gasteiger partial charge < -0.3 is 56.3 Å². The third kappa shape index (κ3) is 34.4. The molecule has 9 aromatic rings. The van der Waals surface area contributed by atoms with E-state index in [0.29, 0.717) is 72.6 Å². The Bertz CT molecular complexity index is 6840. The predicted octanol–water partition coefficient (Wildman–Crippen LogP) is 18.6. The van der Waals surface area contributed by atoms with E-state index in [9.17, 15) is 162 Å². The molecule has 9 rings (SSSR count). The average molecular weight is 3030 g/mol. The number of nitro benzene ring substituents is 4. The Morgan fingerprint density at radius 2 is 0.734 bits per heavy atom. The smallest absolute Gasteiger partial charge is 0.426 e. The van der Waals surface area contributed by atoms with Crippen LogP contribution in [-0.2, 0) is 60.5 Å². The summed E-state index contributed by atoms with van der Waals surface area (Å²) in [7, 11) is -16.4. The van der Waals surface area contributed by atoms with Crippen molar-refractivity contribution >= 4 is 327 Å². The van der Waals surface area contributed by atoms with Crippen molar-refractivity contribution in [2.45, 2.75) is 83.0 Å². The summed E-state index contributed by atoms with van der Waals surface area (Å²) in [5, 5.41) is 49.1. The first-order valence-electron chi connectivity index (χ1n) is 36.8. The van der Waals surface area contributed by atoms with Crippen LogP contribution in [-0.4, -0.2) is 172 Å². The molecular formula is C78H50F9I9N5O35S3-3. The van der Waals surface area contributed by atoms with Gasteiger partial charge in [0.1, 0.15) is 11.4 Å². The van der Waals surface area contributed by atoms with Gasteiger partial charge in [-0.1, -0.05) is 31.2 Å². The highest BCUT2D eigenvalue weighted by Gasteiger charge is 2.48. The molecule has 4 atom stereocenters. The molecule has 0 fully saturated rings. The molecule has 0 saturated carbocycles. The number of ether oxygens (including phenoxy) is 9. The average Bonchev–Trinajstić information content (AvgIpc) is 0.767. The van der Waals surface area contributed by atoms with E-state index in [2.05, 4.69) is 19.5 Å². The van der Waals surface area contributed by atoms with Gasteiger partial charge in [-0.3, -0.25) is 50.6 Å². The van der Waals surface area contributed by atoms with Crippen LogP contribution in [0.4, 0.5) is 72.7 Å². The Kier molecular flexibility index (Phi) is 41.2. The van der Waals surface area contributed by atoms with E-state index in [1.165, 1.54) is 36.4 Å². The van der Waals surface area contributed by atoms with Crippen molar-refractivity contribution < 1.29 is 184 Å². The highest BCUT2D eigenvalue weighted by molar-refractivity contribution is 14.1. The number of fused-ring (bicyclic) bond motifs is 1. The van der Waals surface area contributed by atoms with Crippen LogP contribution in [0.3, 0.4) is 0 Å². The summed E-state index contributed by atoms with van der Waals surface area (Å²) in [5.41, 5.74) is -5.72. The molecule has 0 aliphatic rings. The number of halogens is 18. The zero-order chi connectivity index (χ0) is 105. The fraction of sp³-hybridized carbons (Fsp3) is 0.218. The van der Waals surface area contributed by atoms with Crippen LogP contribution in [0, 0.1) is 78.5 Å². The van der Waals surface area contributed by atoms with E-state index < -0.39 is 238 Å². The number of hydrogen-bond donors (Lipinski definition) is 1. The minimum atomic E-state index is -5.52. The lowest BCUT2D eigenvalue weighted by atomic mass is 9.96. The maximum atomic E-state index is 13.3. The Balaban J connectivity index is 0.000000284. The maximum absolute atomic E-state index is 13.3. The number of benzene rings is 9. The van der Waals surface area contributed by atoms with Crippen molar-refractivity contribution in [3.05, 3.63) is 257 Å². The monoisotopic (exact) mass is 3030 g/mol. The normalized spacial score (nSPS) is 12.6. The van der Waals surface area contributed by atoms with Crippen LogP contribution < -0.4 is 29.0 Å². The molecule has 744 valence electrons. The molecule has 9 aromatic carbocycles. The highest BCUT2D eigenvalue weighted by atomic mass is 127. The van der Waals surface area contributed by atoms with Gasteiger partial charge in [0.05, 0.1) is 118 Å². The zero-order valence-electron chi connectivity index (χ0n) is 68.7. The van der Waals surface area contributed by atoms with E-state index in [4.69, 9.17) is 28.4 Å². The summed E-state index contributed by atoms with van der Waals surface area (Å²) in [4.78, 5) is 158. The highest BCUT2D eigenvalue weighted by Crippen LogP contribution is 2.41. The number of hydrogen-bond acceptors (Lipinski definition) is 35. The third-order valence-corrected chi connectivity index (χ3v) is 29.7. The number of anilines is 1. The molecule has 0 aromatic heterocycles. The standard InChI is InChI=1S/C28H15F3I3NO11S.C26H26F3I3N2O11S.C24H12F3I3N2O13S/c29-28(30,31)23(12-47(41,42)43)46-26(37)17-6-8-21(16-4-2-1-3-15(16)17)44-25(36)13-5-7-20(35(39)40)22(9-13)45-27(38)18-10-14(32)11-19(33)24(18)34;1-5-12(8-14-15(30)10-16(31)21(20(14)32)33-24(37)45-25(2,3)4)22(35)43-18-9-13(6-7-17(18)34(38)39)23(36)44-19(26(27,28)29)11-46(40,41)42;25-24(26,27)19(9-46(40,41)42)45-22(34)10-2-4-17(16(5-10)32(38)39)43-21(33)11-1-3-15(31(36)37)18(6-11)44-23(35)13-7-12(28)8-14(29)20(13)30/h1-11,23H,12H2,(H,41,42,43);6-7,9-10,12,19H,5,8,11H2,1-4H3,(H,33,37)(H,40,41,42);1-8,19H,9H2,(H,40,41,42)/p-3. The van der Waals surface area contributed by atoms with Gasteiger partial charge in [0.25, 0.3) is 0 Å². The van der Waals surface area contributed by atoms with Crippen molar-refractivity contribution in [2.24, 2.45) is 5.92 Å². The van der Waals surface area contributed by atoms with Gasteiger partial charge in [0.2, 0.25) is 41.3 Å². The minimum absolute atomic E-state index is 0.0340. The molecule has 0 aliphatic carbocycles. The molecule has 0 spiro atoms. The van der Waals surface area contributed by atoms with Crippen molar-refractivity contribution in [1.82, 2.24) is 0 Å². The first-order chi connectivity index (χ1) is 64.0. The predicted molar refractivity (Wildman–Crippen MR) is 532 cm³/mol. The van der Waals surface area contributed by atoms with Crippen LogP contribution >= 0.6 is 203 Å². The molecule has 4 unspecified atom stereocenters. The second-order valence-corrected chi connectivity index (χ2v) is 43.0. The second kappa shape index (κ2) is 48.7. The van der Waals surface area contributed by atoms with Gasteiger partial charge in [0, 0.05) is 80.0 Å². The summed E-state index contributed by atoms with van der Waals surface area (Å²) in [6, 6.07) is 24.8. The van der Waals surface area contributed by atoms with Gasteiger partial charge in [-0.05, 0) is 321 Å². The molecule has 0 heterocycles. The van der Waals surface area contributed by atoms with E-state index in [0.717, 1.165) is 55.7 Å². The summed E-state index contributed by atoms with van der Waals surface area (Å²) < 4.78 is 267. The number of rotatable bonds is 30. The van der Waals surface area contributed by atoms with Crippen molar-refractivity contribution in [3.63, 3.8) is 0 Å². The summed E-state index contributed by atoms with van der Waals surface area (Å²) in [6.45, 7) is 6.73. The fourth-order valence-corrected chi connectivity index (χ4v) is 21.7. The minimum Gasteiger partial charge on any atom is -0.748 e. The van der Waals surface area contributed by atoms with Crippen LogP contribution in [0.25, 0.3) is 10.8 Å². The number of esters is 8. The molecule has 0 bridgehead atoms. The van der Waals surface area contributed by atoms with Gasteiger partial charge in [0.15, 0.2) is 0 Å². The number of carbonyl (C=O) groups excluding carboxylic acids is 9. The largest absolute Gasteiger partial charge is 0.748 e. The molecule has 0 radical (unpaired) electrons. The van der Waals surface area contributed by atoms with Gasteiger partial charge in [-0.2, -0.15) is 39.5 Å². The second-order valence-electron chi connectivity index (χ2n) is 28.3. The number of nitro groups is 4. The van der Waals surface area contributed by atoms with Crippen molar-refractivity contribution in [2.75, 3.05) is 22.6 Å². The molecule has 1 amide bonds. The Morgan fingerprint density at radius 1 is 0.381 bits per heavy atom. The first-order valence-corrected chi connectivity index (χ1v) is 51.3. The summed E-state index contributed by atoms with van der Waals surface area (Å²) >= 11 is 17.8. The Morgan fingerprint density at radius 3 is 1.12 bits per heavy atom. The number of alkyl halides is 9. The lowest BCUT2D eigenvalue weighted by Crippen LogP contribution is -2.39. The number of nitrogens with one attached hydrogen (secondary N) is 1. The van der Waals surface area contributed by atoms with Gasteiger partial charge in [-0.15, -0.1) is 0 Å². The first kappa shape index (κ1) is 117. The molecule has 1 N–H and O–H groups in total. The SMILES string of the molecule is CCC(Cc1c(I)cc(I)c(NC(=O)OC(C)(C)C)c1I)C(=O)Oc1cc(C(=O)OC(CS(=O)(=O)[O-])C(F)(F)F)ccc1[N+](=O)[O-].O=C(Oc1ccc(C(=O)OC(CS(=O)(=O)[O-])C(F)(F)F)c2ccccc12)c1ccc([N+](=O)[O-])c(OC(=O)c2cc(I)cc(I)c2I)c1.O=C(Oc1ccc(C(=O)OC(CS(=O)(=O)[O-])C(F)(F)F)cc1[N+](=O)[O-])c1ccc([N+](=O)[O-])c(OC(=O)c2cc(I)cc(I)c2I)c1. The van der Waals surface area contributed by atoms with E-state index in [1.54, 1.807) is 45.9 Å². The van der Waals surface area contributed by atoms with E-state index >= 15 is 0 Å². The fourth-order valence-electron chi connectivity index (χ4n) is 11.0. The molecule has 61 heteroatoms. The molecule has 0 saturated heterocycles. The summed E-state index contributed by atoms with van der Waals surface area (Å²) in [6.07, 6.45) is -26.7. The zero-order valence-corrected chi connectivity index (χ0v) is 90.6. The van der Waals surface area contributed by atoms with Crippen molar-refractivity contribution in [1.29, 1.82) is 0 Å². The van der Waals surface area contributed by atoms with Crippen LogP contribution in [0.5, 0.6) is 28.7 Å². The number of carbonyl (C=O) groups is 9. The van der Waals surface area contributed by atoms with Crippen LogP contribution in [0.1, 0.15) is 112 Å². The molecule has 0 aliphatic heterocycles. The van der Waals surface area contributed by atoms with Gasteiger partial charge >= 0.3 is 95.1 Å².